The fourth-order valence-corrected chi connectivity index (χ4v) is 2.55. The van der Waals surface area contributed by atoms with Crippen molar-refractivity contribution in [2.75, 3.05) is 11.9 Å². The molecule has 0 amide bonds. The van der Waals surface area contributed by atoms with Crippen molar-refractivity contribution in [3.8, 4) is 0 Å². The molecule has 1 aromatic heterocycles. The largest absolute Gasteiger partial charge is 0.478 e. The Kier molecular flexibility index (Phi) is 3.10. The van der Waals surface area contributed by atoms with Crippen LogP contribution in [0, 0.1) is 11.7 Å². The van der Waals surface area contributed by atoms with E-state index in [0.717, 1.165) is 31.5 Å². The second-order valence-electron chi connectivity index (χ2n) is 5.07. The maximum Gasteiger partial charge on any atom is 0.339 e. The number of hydrogen-bond acceptors (Lipinski definition) is 4. The summed E-state index contributed by atoms with van der Waals surface area (Å²) in [4.78, 5) is 15.0. The summed E-state index contributed by atoms with van der Waals surface area (Å²) in [5, 5.41) is 12.2. The lowest BCUT2D eigenvalue weighted by Crippen LogP contribution is -2.32. The van der Waals surface area contributed by atoms with E-state index in [2.05, 4.69) is 10.3 Å². The van der Waals surface area contributed by atoms with E-state index in [9.17, 15) is 9.18 Å². The average molecular weight is 266 g/mol. The van der Waals surface area contributed by atoms with Crippen LogP contribution in [-0.4, -0.2) is 34.8 Å². The maximum atomic E-state index is 13.1. The zero-order valence-corrected chi connectivity index (χ0v) is 10.3. The molecule has 1 saturated heterocycles. The lowest BCUT2D eigenvalue weighted by Gasteiger charge is -2.20. The quantitative estimate of drug-likeness (QED) is 0.871. The highest BCUT2D eigenvalue weighted by Crippen LogP contribution is 2.39. The van der Waals surface area contributed by atoms with E-state index in [-0.39, 0.29) is 23.5 Å². The van der Waals surface area contributed by atoms with Crippen molar-refractivity contribution in [2.45, 2.75) is 31.4 Å². The number of carboxylic acids is 1. The van der Waals surface area contributed by atoms with Gasteiger partial charge >= 0.3 is 5.97 Å². The Morgan fingerprint density at radius 1 is 1.47 bits per heavy atom. The predicted molar refractivity (Wildman–Crippen MR) is 65.6 cm³/mol. The third-order valence-electron chi connectivity index (χ3n) is 3.63. The highest BCUT2D eigenvalue weighted by Gasteiger charge is 2.41. The second-order valence-corrected chi connectivity index (χ2v) is 5.07. The molecule has 0 spiro atoms. The van der Waals surface area contributed by atoms with E-state index in [1.165, 1.54) is 0 Å². The smallest absolute Gasteiger partial charge is 0.339 e. The minimum absolute atomic E-state index is 0.0589. The highest BCUT2D eigenvalue weighted by atomic mass is 19.1. The highest BCUT2D eigenvalue weighted by molar-refractivity contribution is 5.93. The first-order chi connectivity index (χ1) is 9.15. The number of halogens is 1. The number of nitrogens with zero attached hydrogens (tertiary/aromatic N) is 1. The number of aromatic carboxylic acids is 1. The molecule has 2 aliphatic rings. The van der Waals surface area contributed by atoms with Crippen LogP contribution in [0.1, 0.15) is 29.6 Å². The Labute approximate surface area is 109 Å². The Balaban J connectivity index is 1.80. The Morgan fingerprint density at radius 2 is 2.26 bits per heavy atom. The van der Waals surface area contributed by atoms with Crippen LogP contribution in [-0.2, 0) is 4.74 Å². The molecule has 3 rings (SSSR count). The third kappa shape index (κ3) is 2.53. The van der Waals surface area contributed by atoms with Crippen LogP contribution in [0.15, 0.2) is 12.3 Å². The number of anilines is 1. The van der Waals surface area contributed by atoms with Crippen LogP contribution in [0.2, 0.25) is 0 Å². The van der Waals surface area contributed by atoms with E-state index in [1.807, 2.05) is 0 Å². The molecule has 19 heavy (non-hydrogen) atoms. The summed E-state index contributed by atoms with van der Waals surface area (Å²) in [6.07, 6.45) is 4.28. The van der Waals surface area contributed by atoms with Crippen LogP contribution in [0.4, 0.5) is 10.2 Å². The molecule has 0 bridgehead atoms. The van der Waals surface area contributed by atoms with E-state index < -0.39 is 11.8 Å². The number of rotatable bonds is 4. The summed E-state index contributed by atoms with van der Waals surface area (Å²) in [5.74, 6) is -1.05. The van der Waals surface area contributed by atoms with Crippen LogP contribution in [0.25, 0.3) is 0 Å². The monoisotopic (exact) mass is 266 g/mol. The first-order valence-electron chi connectivity index (χ1n) is 6.42. The molecule has 5 nitrogen and oxygen atoms in total. The van der Waals surface area contributed by atoms with Crippen LogP contribution < -0.4 is 5.32 Å². The lowest BCUT2D eigenvalue weighted by molar-refractivity contribution is 0.0696. The van der Waals surface area contributed by atoms with Gasteiger partial charge in [0.1, 0.15) is 17.2 Å². The van der Waals surface area contributed by atoms with E-state index >= 15 is 0 Å². The molecule has 1 aliphatic carbocycles. The van der Waals surface area contributed by atoms with Gasteiger partial charge in [0.05, 0.1) is 18.3 Å². The van der Waals surface area contributed by atoms with Gasteiger partial charge in [0.2, 0.25) is 0 Å². The average Bonchev–Trinajstić information content (AvgIpc) is 3.12. The van der Waals surface area contributed by atoms with Gasteiger partial charge < -0.3 is 15.2 Å². The molecule has 2 fully saturated rings. The minimum Gasteiger partial charge on any atom is -0.478 e. The van der Waals surface area contributed by atoms with Crippen molar-refractivity contribution in [3.63, 3.8) is 0 Å². The van der Waals surface area contributed by atoms with Crippen molar-refractivity contribution in [1.82, 2.24) is 4.98 Å². The number of carbonyl (C=O) groups is 1. The summed E-state index contributed by atoms with van der Waals surface area (Å²) in [7, 11) is 0. The fourth-order valence-electron chi connectivity index (χ4n) is 2.55. The molecule has 102 valence electrons. The third-order valence-corrected chi connectivity index (χ3v) is 3.63. The predicted octanol–water partition coefficient (Wildman–Crippen LogP) is 1.90. The van der Waals surface area contributed by atoms with Gasteiger partial charge in [0.15, 0.2) is 0 Å². The number of nitrogens with one attached hydrogen (secondary N) is 1. The lowest BCUT2D eigenvalue weighted by atomic mass is 10.1. The first-order valence-corrected chi connectivity index (χ1v) is 6.42. The van der Waals surface area contributed by atoms with Crippen molar-refractivity contribution in [2.24, 2.45) is 5.92 Å². The molecule has 0 radical (unpaired) electrons. The Morgan fingerprint density at radius 3 is 2.95 bits per heavy atom. The summed E-state index contributed by atoms with van der Waals surface area (Å²) >= 11 is 0. The molecule has 6 heteroatoms. The number of ether oxygens (including phenoxy) is 1. The van der Waals surface area contributed by atoms with Gasteiger partial charge in [-0.05, 0) is 31.2 Å². The zero-order valence-electron chi connectivity index (χ0n) is 10.3. The normalized spacial score (nSPS) is 26.4. The molecule has 1 aromatic rings. The molecular weight excluding hydrogens is 251 g/mol. The molecule has 1 saturated carbocycles. The zero-order chi connectivity index (χ0) is 13.4. The summed E-state index contributed by atoms with van der Waals surface area (Å²) < 4.78 is 18.7. The topological polar surface area (TPSA) is 71.5 Å². The molecule has 2 N–H and O–H groups in total. The number of hydrogen-bond donors (Lipinski definition) is 2. The van der Waals surface area contributed by atoms with Gasteiger partial charge in [-0.2, -0.15) is 0 Å². The summed E-state index contributed by atoms with van der Waals surface area (Å²) in [6, 6.07) is 1.04. The van der Waals surface area contributed by atoms with Crippen molar-refractivity contribution >= 4 is 11.8 Å². The standard InChI is InChI=1S/C13H15FN2O3/c14-8-5-9(13(17)18)12(15-6-8)16-10-3-4-19-11(10)7-1-2-7/h5-7,10-11H,1-4H2,(H,15,16)(H,17,18). The van der Waals surface area contributed by atoms with Gasteiger partial charge in [0, 0.05) is 6.61 Å². The molecular formula is C13H15FN2O3. The molecule has 1 aliphatic heterocycles. The van der Waals surface area contributed by atoms with Gasteiger partial charge in [-0.1, -0.05) is 0 Å². The van der Waals surface area contributed by atoms with Crippen LogP contribution in [0.5, 0.6) is 0 Å². The van der Waals surface area contributed by atoms with Gasteiger partial charge in [-0.3, -0.25) is 0 Å². The minimum atomic E-state index is -1.18. The van der Waals surface area contributed by atoms with E-state index in [1.54, 1.807) is 0 Å². The molecule has 0 aromatic carbocycles. The summed E-state index contributed by atoms with van der Waals surface area (Å²) in [5.41, 5.74) is -0.138. The SMILES string of the molecule is O=C(O)c1cc(F)cnc1NC1CCOC1C1CC1. The number of carboxylic acid groups (broad SMARTS) is 1. The van der Waals surface area contributed by atoms with Crippen molar-refractivity contribution in [3.05, 3.63) is 23.6 Å². The maximum absolute atomic E-state index is 13.1. The van der Waals surface area contributed by atoms with Crippen molar-refractivity contribution < 1.29 is 19.0 Å². The summed E-state index contributed by atoms with van der Waals surface area (Å²) in [6.45, 7) is 0.669. The van der Waals surface area contributed by atoms with Crippen LogP contribution in [0.3, 0.4) is 0 Å². The Bertz CT molecular complexity index is 505. The molecule has 2 unspecified atom stereocenters. The van der Waals surface area contributed by atoms with Gasteiger partial charge in [0.25, 0.3) is 0 Å². The van der Waals surface area contributed by atoms with E-state index in [0.29, 0.717) is 12.5 Å². The number of aromatic nitrogens is 1. The second kappa shape index (κ2) is 4.77. The Hall–Kier alpha value is -1.69. The van der Waals surface area contributed by atoms with E-state index in [4.69, 9.17) is 9.84 Å². The number of pyridine rings is 1. The first kappa shape index (κ1) is 12.3. The molecule has 2 heterocycles. The van der Waals surface area contributed by atoms with Crippen molar-refractivity contribution in [1.29, 1.82) is 0 Å². The van der Waals surface area contributed by atoms with Crippen LogP contribution >= 0.6 is 0 Å². The fraction of sp³-hybridized carbons (Fsp3) is 0.538. The molecule has 2 atom stereocenters. The van der Waals surface area contributed by atoms with Gasteiger partial charge in [-0.15, -0.1) is 0 Å². The van der Waals surface area contributed by atoms with Gasteiger partial charge in [-0.25, -0.2) is 14.2 Å².